The topological polar surface area (TPSA) is 19.9 Å². The molecule has 0 heterocycles. The summed E-state index contributed by atoms with van der Waals surface area (Å²) in [6, 6.07) is 0. The Morgan fingerprint density at radius 3 is 1.56 bits per heavy atom. The highest BCUT2D eigenvalue weighted by molar-refractivity contribution is 4.56. The second-order valence-electron chi connectivity index (χ2n) is 5.03. The van der Waals surface area contributed by atoms with Gasteiger partial charge >= 0.3 is 0 Å². The van der Waals surface area contributed by atoms with Crippen LogP contribution in [0.2, 0.25) is 0 Å². The van der Waals surface area contributed by atoms with Crippen LogP contribution in [0.1, 0.15) is 90.9 Å². The molecule has 0 aromatic rings. The quantitative estimate of drug-likeness (QED) is 0.392. The molecule has 0 aromatic carbocycles. The van der Waals surface area contributed by atoms with Crippen molar-refractivity contribution in [3.63, 3.8) is 0 Å². The first-order valence-electron chi connectivity index (χ1n) is 7.47. The molecule has 16 heavy (non-hydrogen) atoms. The molecule has 0 amide bonds. The molecule has 0 aliphatic carbocycles. The summed E-state index contributed by atoms with van der Waals surface area (Å²) in [5.41, 5.74) is 0. The van der Waals surface area contributed by atoms with E-state index in [4.69, 9.17) is 0 Å². The van der Waals surface area contributed by atoms with Gasteiger partial charge in [-0.3, -0.25) is 0 Å². The second kappa shape index (κ2) is 13.0. The monoisotopic (exact) mass is 227 g/mol. The van der Waals surface area contributed by atoms with E-state index in [0.29, 0.717) is 0 Å². The fourth-order valence-corrected chi connectivity index (χ4v) is 2.10. The Kier molecular flexibility index (Phi) is 13.0. The summed E-state index contributed by atoms with van der Waals surface area (Å²) >= 11 is 0. The molecule has 1 unspecified atom stereocenters. The lowest BCUT2D eigenvalue weighted by molar-refractivity contribution is 0.0690. The number of rotatable bonds is 12. The summed E-state index contributed by atoms with van der Waals surface area (Å²) in [6.07, 6.45) is 14.4. The van der Waals surface area contributed by atoms with Crippen molar-refractivity contribution in [1.29, 1.82) is 0 Å². The Morgan fingerprint density at radius 2 is 1.00 bits per heavy atom. The zero-order valence-corrected chi connectivity index (χ0v) is 11.5. The van der Waals surface area contributed by atoms with Crippen LogP contribution in [0.4, 0.5) is 0 Å². The van der Waals surface area contributed by atoms with Crippen LogP contribution in [-0.2, 0) is 5.11 Å². The summed E-state index contributed by atoms with van der Waals surface area (Å²) < 4.78 is 0. The van der Waals surface area contributed by atoms with Crippen molar-refractivity contribution in [2.45, 2.75) is 97.0 Å². The minimum atomic E-state index is -0.276. The predicted molar refractivity (Wildman–Crippen MR) is 71.2 cm³/mol. The zero-order valence-electron chi connectivity index (χ0n) is 11.5. The fourth-order valence-electron chi connectivity index (χ4n) is 2.10. The highest BCUT2D eigenvalue weighted by atomic mass is 16.3. The molecule has 0 spiro atoms. The van der Waals surface area contributed by atoms with Crippen LogP contribution in [0.5, 0.6) is 0 Å². The first-order valence-corrected chi connectivity index (χ1v) is 7.47. The van der Waals surface area contributed by atoms with E-state index in [2.05, 4.69) is 13.8 Å². The molecule has 0 saturated heterocycles. The van der Waals surface area contributed by atoms with Gasteiger partial charge in [0.2, 0.25) is 0 Å². The van der Waals surface area contributed by atoms with E-state index >= 15 is 0 Å². The lowest BCUT2D eigenvalue weighted by atomic mass is 10.0. The van der Waals surface area contributed by atoms with Gasteiger partial charge in [0.15, 0.2) is 0 Å². The lowest BCUT2D eigenvalue weighted by Crippen LogP contribution is -2.03. The second-order valence-corrected chi connectivity index (χ2v) is 5.03. The Labute approximate surface area is 103 Å². The smallest absolute Gasteiger partial charge is 0.0930 e. The number of unbranched alkanes of at least 4 members (excludes halogenated alkanes) is 8. The third-order valence-electron chi connectivity index (χ3n) is 3.26. The number of hydrogen-bond acceptors (Lipinski definition) is 0. The largest absolute Gasteiger partial charge is 0.233 e. The van der Waals surface area contributed by atoms with Gasteiger partial charge in [0.05, 0.1) is 6.10 Å². The van der Waals surface area contributed by atoms with Crippen LogP contribution < -0.4 is 0 Å². The molecule has 1 nitrogen and oxygen atoms in total. The van der Waals surface area contributed by atoms with Gasteiger partial charge in [-0.1, -0.05) is 78.1 Å². The maximum absolute atomic E-state index is 11.5. The van der Waals surface area contributed by atoms with E-state index in [1.54, 1.807) is 0 Å². The van der Waals surface area contributed by atoms with Crippen LogP contribution >= 0.6 is 0 Å². The van der Waals surface area contributed by atoms with Crippen LogP contribution in [0.15, 0.2) is 0 Å². The van der Waals surface area contributed by atoms with Crippen molar-refractivity contribution in [3.05, 3.63) is 0 Å². The molecule has 0 rings (SSSR count). The Morgan fingerprint density at radius 1 is 0.625 bits per heavy atom. The van der Waals surface area contributed by atoms with Crippen molar-refractivity contribution < 1.29 is 5.11 Å². The van der Waals surface area contributed by atoms with E-state index < -0.39 is 0 Å². The molecule has 1 radical (unpaired) electrons. The predicted octanol–water partition coefficient (Wildman–Crippen LogP) is 5.51. The lowest BCUT2D eigenvalue weighted by Gasteiger charge is -2.07. The fraction of sp³-hybridized carbons (Fsp3) is 1.00. The highest BCUT2D eigenvalue weighted by Crippen LogP contribution is 2.13. The Hall–Kier alpha value is -0.0400. The molecule has 0 fully saturated rings. The van der Waals surface area contributed by atoms with E-state index in [9.17, 15) is 5.11 Å². The van der Waals surface area contributed by atoms with Gasteiger partial charge in [-0.15, -0.1) is 0 Å². The molecule has 0 bridgehead atoms. The highest BCUT2D eigenvalue weighted by Gasteiger charge is 2.04. The first kappa shape index (κ1) is 16.0. The standard InChI is InChI=1S/C15H31O/c1-3-5-7-8-9-10-12-14-15(16)13-11-6-4-2/h15H,3-14H2,1-2H3. The van der Waals surface area contributed by atoms with Gasteiger partial charge in [-0.05, 0) is 12.8 Å². The summed E-state index contributed by atoms with van der Waals surface area (Å²) in [6.45, 7) is 4.44. The molecule has 0 aliphatic heterocycles. The van der Waals surface area contributed by atoms with Gasteiger partial charge in [0.1, 0.15) is 0 Å². The van der Waals surface area contributed by atoms with E-state index in [1.807, 2.05) is 0 Å². The van der Waals surface area contributed by atoms with Crippen LogP contribution in [-0.4, -0.2) is 6.10 Å². The molecular weight excluding hydrogens is 196 g/mol. The van der Waals surface area contributed by atoms with Crippen molar-refractivity contribution in [1.82, 2.24) is 0 Å². The minimum Gasteiger partial charge on any atom is -0.233 e. The zero-order chi connectivity index (χ0) is 12.1. The van der Waals surface area contributed by atoms with E-state index in [1.165, 1.54) is 51.4 Å². The molecule has 97 valence electrons. The summed E-state index contributed by atoms with van der Waals surface area (Å²) in [5.74, 6) is 0. The average molecular weight is 227 g/mol. The van der Waals surface area contributed by atoms with E-state index in [-0.39, 0.29) is 6.10 Å². The molecule has 1 atom stereocenters. The molecule has 0 aliphatic rings. The van der Waals surface area contributed by atoms with E-state index in [0.717, 1.165) is 25.7 Å². The SMILES string of the molecule is CCCCCCCCCC([O])CCCCC. The van der Waals surface area contributed by atoms with Gasteiger partial charge in [-0.25, -0.2) is 5.11 Å². The Balaban J connectivity index is 3.06. The average Bonchev–Trinajstić information content (AvgIpc) is 2.28. The summed E-state index contributed by atoms with van der Waals surface area (Å²) in [4.78, 5) is 0. The first-order chi connectivity index (χ1) is 7.81. The van der Waals surface area contributed by atoms with Crippen molar-refractivity contribution in [3.8, 4) is 0 Å². The third-order valence-corrected chi connectivity index (χ3v) is 3.26. The third kappa shape index (κ3) is 12.0. The van der Waals surface area contributed by atoms with Crippen molar-refractivity contribution in [2.75, 3.05) is 0 Å². The van der Waals surface area contributed by atoms with Crippen LogP contribution in [0, 0.1) is 0 Å². The van der Waals surface area contributed by atoms with Crippen LogP contribution in [0.3, 0.4) is 0 Å². The molecule has 1 heteroatoms. The van der Waals surface area contributed by atoms with Crippen LogP contribution in [0.25, 0.3) is 0 Å². The van der Waals surface area contributed by atoms with Gasteiger partial charge in [0, 0.05) is 0 Å². The maximum atomic E-state index is 11.5. The molecule has 0 N–H and O–H groups in total. The maximum Gasteiger partial charge on any atom is 0.0930 e. The van der Waals surface area contributed by atoms with Crippen molar-refractivity contribution in [2.24, 2.45) is 0 Å². The van der Waals surface area contributed by atoms with Gasteiger partial charge in [0.25, 0.3) is 0 Å². The number of hydrogen-bond donors (Lipinski definition) is 0. The van der Waals surface area contributed by atoms with Crippen molar-refractivity contribution >= 4 is 0 Å². The normalized spacial score (nSPS) is 12.9. The van der Waals surface area contributed by atoms with Gasteiger partial charge in [-0.2, -0.15) is 0 Å². The molecule has 0 saturated carbocycles. The summed E-state index contributed by atoms with van der Waals surface area (Å²) in [7, 11) is 0. The minimum absolute atomic E-state index is 0.276. The van der Waals surface area contributed by atoms with Gasteiger partial charge < -0.3 is 0 Å². The molecule has 0 aromatic heterocycles. The summed E-state index contributed by atoms with van der Waals surface area (Å²) in [5, 5.41) is 11.5. The molecular formula is C15H31O. The Bertz CT molecular complexity index is 123.